The Balaban J connectivity index is 2.21. The highest BCUT2D eigenvalue weighted by atomic mass is 127. The molecule has 1 heterocycles. The van der Waals surface area contributed by atoms with Gasteiger partial charge in [0.1, 0.15) is 0 Å². The monoisotopic (exact) mass is 269 g/mol. The third-order valence-corrected chi connectivity index (χ3v) is 2.68. The summed E-state index contributed by atoms with van der Waals surface area (Å²) in [5.74, 6) is 0. The van der Waals surface area contributed by atoms with Crippen LogP contribution >= 0.6 is 22.6 Å². The minimum Gasteiger partial charge on any atom is -0.380 e. The topological polar surface area (TPSA) is 12.5 Å². The van der Waals surface area contributed by atoms with Crippen molar-refractivity contribution in [2.24, 2.45) is 0 Å². The lowest BCUT2D eigenvalue weighted by molar-refractivity contribution is 0.0340. The Kier molecular flexibility index (Phi) is 4.71. The van der Waals surface area contributed by atoms with Gasteiger partial charge in [0.15, 0.2) is 0 Å². The molecule has 1 fully saturated rings. The van der Waals surface area contributed by atoms with E-state index < -0.39 is 0 Å². The Hall–Kier alpha value is 0.650. The summed E-state index contributed by atoms with van der Waals surface area (Å²) in [4.78, 5) is 2.49. The molecule has 2 nitrogen and oxygen atoms in total. The summed E-state index contributed by atoms with van der Waals surface area (Å²) in [6.45, 7) is 3.63. The van der Waals surface area contributed by atoms with Gasteiger partial charge in [-0.15, -0.1) is 0 Å². The molecule has 0 amide bonds. The highest BCUT2D eigenvalue weighted by Gasteiger charge is 2.17. The molecule has 0 bridgehead atoms. The fourth-order valence-electron chi connectivity index (χ4n) is 1.53. The molecule has 0 aromatic carbocycles. The Morgan fingerprint density at radius 3 is 3.09 bits per heavy atom. The average Bonchev–Trinajstić information content (AvgIpc) is 2.06. The van der Waals surface area contributed by atoms with Gasteiger partial charge in [0.05, 0.1) is 6.10 Å². The SMILES string of the molecule is COC1CCCN(CCI)C1. The van der Waals surface area contributed by atoms with Crippen LogP contribution in [0.4, 0.5) is 0 Å². The molecule has 11 heavy (non-hydrogen) atoms. The van der Waals surface area contributed by atoms with Gasteiger partial charge < -0.3 is 4.74 Å². The van der Waals surface area contributed by atoms with E-state index in [0.717, 1.165) is 6.54 Å². The molecule has 0 N–H and O–H groups in total. The van der Waals surface area contributed by atoms with Crippen molar-refractivity contribution in [2.45, 2.75) is 18.9 Å². The second-order valence-electron chi connectivity index (χ2n) is 2.99. The normalized spacial score (nSPS) is 27.3. The van der Waals surface area contributed by atoms with Crippen LogP contribution in [-0.2, 0) is 4.74 Å². The quantitative estimate of drug-likeness (QED) is 0.569. The Bertz CT molecular complexity index is 108. The van der Waals surface area contributed by atoms with E-state index in [1.54, 1.807) is 0 Å². The number of ether oxygens (including phenoxy) is 1. The van der Waals surface area contributed by atoms with E-state index in [4.69, 9.17) is 4.74 Å². The minimum absolute atomic E-state index is 0.492. The summed E-state index contributed by atoms with van der Waals surface area (Å²) in [6, 6.07) is 0. The molecule has 66 valence electrons. The van der Waals surface area contributed by atoms with Crippen molar-refractivity contribution in [1.82, 2.24) is 4.90 Å². The number of likely N-dealkylation sites (tertiary alicyclic amines) is 1. The van der Waals surface area contributed by atoms with Crippen molar-refractivity contribution in [3.05, 3.63) is 0 Å². The average molecular weight is 269 g/mol. The van der Waals surface area contributed by atoms with Crippen molar-refractivity contribution in [2.75, 3.05) is 31.2 Å². The summed E-state index contributed by atoms with van der Waals surface area (Å²) >= 11 is 2.43. The van der Waals surface area contributed by atoms with E-state index in [1.807, 2.05) is 7.11 Å². The molecule has 1 aliphatic rings. The van der Waals surface area contributed by atoms with Crippen molar-refractivity contribution in [1.29, 1.82) is 0 Å². The maximum absolute atomic E-state index is 5.32. The predicted octanol–water partition coefficient (Wildman–Crippen LogP) is 1.53. The Morgan fingerprint density at radius 1 is 1.64 bits per heavy atom. The smallest absolute Gasteiger partial charge is 0.0698 e. The number of hydrogen-bond donors (Lipinski definition) is 0. The third kappa shape index (κ3) is 3.25. The van der Waals surface area contributed by atoms with E-state index in [1.165, 1.54) is 30.4 Å². The van der Waals surface area contributed by atoms with Gasteiger partial charge in [0, 0.05) is 24.6 Å². The number of methoxy groups -OCH3 is 1. The number of piperidine rings is 1. The molecule has 0 spiro atoms. The van der Waals surface area contributed by atoms with Gasteiger partial charge in [-0.05, 0) is 19.4 Å². The maximum atomic E-state index is 5.32. The van der Waals surface area contributed by atoms with Crippen molar-refractivity contribution in [3.63, 3.8) is 0 Å². The van der Waals surface area contributed by atoms with Crippen LogP contribution in [0.5, 0.6) is 0 Å². The minimum atomic E-state index is 0.492. The summed E-state index contributed by atoms with van der Waals surface area (Å²) < 4.78 is 6.55. The highest BCUT2D eigenvalue weighted by molar-refractivity contribution is 14.1. The zero-order valence-electron chi connectivity index (χ0n) is 7.05. The molecular weight excluding hydrogens is 253 g/mol. The summed E-state index contributed by atoms with van der Waals surface area (Å²) in [5, 5.41) is 0. The summed E-state index contributed by atoms with van der Waals surface area (Å²) in [7, 11) is 1.82. The predicted molar refractivity (Wildman–Crippen MR) is 55.4 cm³/mol. The Labute approximate surface area is 82.4 Å². The van der Waals surface area contributed by atoms with Gasteiger partial charge in [-0.1, -0.05) is 22.6 Å². The molecule has 1 saturated heterocycles. The van der Waals surface area contributed by atoms with Gasteiger partial charge in [-0.2, -0.15) is 0 Å². The number of halogens is 1. The second kappa shape index (κ2) is 5.32. The van der Waals surface area contributed by atoms with E-state index in [9.17, 15) is 0 Å². The lowest BCUT2D eigenvalue weighted by atomic mass is 10.1. The first-order chi connectivity index (χ1) is 5.36. The molecule has 1 rings (SSSR count). The van der Waals surface area contributed by atoms with Crippen LogP contribution in [-0.4, -0.2) is 42.2 Å². The van der Waals surface area contributed by atoms with E-state index >= 15 is 0 Å². The highest BCUT2D eigenvalue weighted by Crippen LogP contribution is 2.11. The number of hydrogen-bond acceptors (Lipinski definition) is 2. The third-order valence-electron chi connectivity index (χ3n) is 2.20. The largest absolute Gasteiger partial charge is 0.380 e. The zero-order chi connectivity index (χ0) is 8.10. The molecule has 1 unspecified atom stereocenters. The fourth-order valence-corrected chi connectivity index (χ4v) is 2.21. The molecule has 0 aromatic rings. The van der Waals surface area contributed by atoms with Gasteiger partial charge in [-0.25, -0.2) is 0 Å². The first kappa shape index (κ1) is 9.74. The van der Waals surface area contributed by atoms with E-state index in [-0.39, 0.29) is 0 Å². The zero-order valence-corrected chi connectivity index (χ0v) is 9.21. The lowest BCUT2D eigenvalue weighted by Gasteiger charge is -2.31. The molecule has 3 heteroatoms. The van der Waals surface area contributed by atoms with Crippen LogP contribution in [0.25, 0.3) is 0 Å². The molecule has 0 aromatic heterocycles. The number of rotatable bonds is 3. The first-order valence-electron chi connectivity index (χ1n) is 4.18. The van der Waals surface area contributed by atoms with Crippen molar-refractivity contribution >= 4 is 22.6 Å². The van der Waals surface area contributed by atoms with Gasteiger partial charge >= 0.3 is 0 Å². The molecule has 0 radical (unpaired) electrons. The number of nitrogens with zero attached hydrogens (tertiary/aromatic N) is 1. The van der Waals surface area contributed by atoms with Gasteiger partial charge in [0.25, 0.3) is 0 Å². The van der Waals surface area contributed by atoms with Gasteiger partial charge in [0.2, 0.25) is 0 Å². The lowest BCUT2D eigenvalue weighted by Crippen LogP contribution is -2.40. The Morgan fingerprint density at radius 2 is 2.45 bits per heavy atom. The second-order valence-corrected chi connectivity index (χ2v) is 4.07. The molecule has 0 saturated carbocycles. The van der Waals surface area contributed by atoms with Crippen LogP contribution < -0.4 is 0 Å². The van der Waals surface area contributed by atoms with Crippen LogP contribution in [0.2, 0.25) is 0 Å². The van der Waals surface area contributed by atoms with Crippen molar-refractivity contribution < 1.29 is 4.74 Å². The van der Waals surface area contributed by atoms with E-state index in [0.29, 0.717) is 6.10 Å². The number of alkyl halides is 1. The van der Waals surface area contributed by atoms with Crippen LogP contribution in [0.1, 0.15) is 12.8 Å². The molecule has 0 aliphatic carbocycles. The summed E-state index contributed by atoms with van der Waals surface area (Å²) in [5.41, 5.74) is 0. The van der Waals surface area contributed by atoms with Crippen molar-refractivity contribution in [3.8, 4) is 0 Å². The molecular formula is C8H16INO. The molecule has 1 aliphatic heterocycles. The van der Waals surface area contributed by atoms with Crippen LogP contribution in [0.15, 0.2) is 0 Å². The first-order valence-corrected chi connectivity index (χ1v) is 5.70. The van der Waals surface area contributed by atoms with Gasteiger partial charge in [-0.3, -0.25) is 4.90 Å². The fraction of sp³-hybridized carbons (Fsp3) is 1.00. The van der Waals surface area contributed by atoms with Crippen LogP contribution in [0.3, 0.4) is 0 Å². The van der Waals surface area contributed by atoms with Crippen LogP contribution in [0, 0.1) is 0 Å². The van der Waals surface area contributed by atoms with E-state index in [2.05, 4.69) is 27.5 Å². The molecule has 1 atom stereocenters. The summed E-state index contributed by atoms with van der Waals surface area (Å²) in [6.07, 6.45) is 3.04. The maximum Gasteiger partial charge on any atom is 0.0698 e. The standard InChI is InChI=1S/C8H16INO/c1-11-8-3-2-5-10(7-8)6-4-9/h8H,2-7H2,1H3.